The number of carbonyl (C=O) groups is 1. The molecule has 37 heavy (non-hydrogen) atoms. The van der Waals surface area contributed by atoms with Crippen LogP contribution in [0.25, 0.3) is 22.5 Å². The predicted molar refractivity (Wildman–Crippen MR) is 155 cm³/mol. The van der Waals surface area contributed by atoms with Crippen molar-refractivity contribution < 1.29 is 9.53 Å². The van der Waals surface area contributed by atoms with Gasteiger partial charge in [0.25, 0.3) is 0 Å². The summed E-state index contributed by atoms with van der Waals surface area (Å²) in [5.41, 5.74) is 5.96. The molecule has 1 atom stereocenters. The van der Waals surface area contributed by atoms with Crippen molar-refractivity contribution in [3.05, 3.63) is 63.4 Å². The molecule has 1 saturated heterocycles. The molecule has 0 radical (unpaired) electrons. The minimum absolute atomic E-state index is 0.0635. The van der Waals surface area contributed by atoms with Crippen molar-refractivity contribution in [2.45, 2.75) is 58.3 Å². The van der Waals surface area contributed by atoms with E-state index >= 15 is 0 Å². The average Bonchev–Trinajstić information content (AvgIpc) is 3.22. The number of rotatable bonds is 8. The molecule has 6 nitrogen and oxygen atoms in total. The standard InChI is InChI=1S/C27H33Cl3N4O2Si/c1-18(37(2,3)4)36-17-34-25(19-8-10-20(28)11-9-19)24(22-13-12-21(29)16-23(22)30)31-26(34)27(35)32-33-14-6-5-7-15-33/h8-13,16,18H,5-7,14-15,17H2,1-4H3,(H,32,35). The molecule has 0 aliphatic carbocycles. The molecule has 2 heterocycles. The van der Waals surface area contributed by atoms with Crippen LogP contribution in [0, 0.1) is 0 Å². The number of hydrogen-bond donors (Lipinski definition) is 1. The molecule has 3 aromatic rings. The summed E-state index contributed by atoms with van der Waals surface area (Å²) in [5.74, 6) is -0.0166. The Morgan fingerprint density at radius 3 is 2.30 bits per heavy atom. The lowest BCUT2D eigenvalue weighted by molar-refractivity contribution is 0.0515. The van der Waals surface area contributed by atoms with E-state index in [9.17, 15) is 4.79 Å². The van der Waals surface area contributed by atoms with Crippen LogP contribution in [0.1, 0.15) is 36.8 Å². The first-order valence-electron chi connectivity index (χ1n) is 12.5. The van der Waals surface area contributed by atoms with Crippen LogP contribution < -0.4 is 5.43 Å². The molecule has 0 bridgehead atoms. The number of hydrogen-bond acceptors (Lipinski definition) is 4. The Balaban J connectivity index is 1.86. The van der Waals surface area contributed by atoms with E-state index in [2.05, 4.69) is 32.0 Å². The smallest absolute Gasteiger partial charge is 0.301 e. The van der Waals surface area contributed by atoms with Crippen LogP contribution in [0.3, 0.4) is 0 Å². The van der Waals surface area contributed by atoms with Crippen LogP contribution in [0.5, 0.6) is 0 Å². The number of nitrogens with one attached hydrogen (secondary N) is 1. The summed E-state index contributed by atoms with van der Waals surface area (Å²) in [5, 5.41) is 3.56. The maximum Gasteiger partial charge on any atom is 0.301 e. The summed E-state index contributed by atoms with van der Waals surface area (Å²) >= 11 is 19.0. The largest absolute Gasteiger partial charge is 0.361 e. The summed E-state index contributed by atoms with van der Waals surface area (Å²) in [6.07, 6.45) is 3.27. The fourth-order valence-corrected chi connectivity index (χ4v) is 5.36. The number of piperidine rings is 1. The average molecular weight is 580 g/mol. The Hall–Kier alpha value is -1.87. The Labute approximate surface area is 234 Å². The molecule has 1 fully saturated rings. The topological polar surface area (TPSA) is 59.4 Å². The zero-order valence-corrected chi connectivity index (χ0v) is 24.9. The first kappa shape index (κ1) is 28.1. The van der Waals surface area contributed by atoms with Crippen LogP contribution in [0.4, 0.5) is 0 Å². The fraction of sp³-hybridized carbons (Fsp3) is 0.407. The van der Waals surface area contributed by atoms with Gasteiger partial charge >= 0.3 is 5.91 Å². The summed E-state index contributed by atoms with van der Waals surface area (Å²) in [6, 6.07) is 12.7. The predicted octanol–water partition coefficient (Wildman–Crippen LogP) is 7.55. The summed E-state index contributed by atoms with van der Waals surface area (Å²) in [4.78, 5) is 18.5. The molecule has 1 aromatic heterocycles. The number of hydrazine groups is 1. The zero-order chi connectivity index (χ0) is 26.7. The number of nitrogens with zero attached hydrogens (tertiary/aromatic N) is 3. The Kier molecular flexibility index (Phi) is 9.04. The molecule has 1 amide bonds. The molecule has 1 unspecified atom stereocenters. The van der Waals surface area contributed by atoms with Gasteiger partial charge in [0.15, 0.2) is 0 Å². The molecule has 1 aliphatic rings. The first-order chi connectivity index (χ1) is 17.5. The molecule has 10 heteroatoms. The lowest BCUT2D eigenvalue weighted by Gasteiger charge is -2.28. The summed E-state index contributed by atoms with van der Waals surface area (Å²) < 4.78 is 8.22. The van der Waals surface area contributed by atoms with Gasteiger partial charge in [-0.2, -0.15) is 0 Å². The van der Waals surface area contributed by atoms with Crippen LogP contribution in [0.15, 0.2) is 42.5 Å². The van der Waals surface area contributed by atoms with Crippen molar-refractivity contribution in [2.24, 2.45) is 0 Å². The minimum Gasteiger partial charge on any atom is -0.361 e. The summed E-state index contributed by atoms with van der Waals surface area (Å²) in [6.45, 7) is 10.7. The highest BCUT2D eigenvalue weighted by Crippen LogP contribution is 2.38. The third kappa shape index (κ3) is 6.77. The van der Waals surface area contributed by atoms with Gasteiger partial charge in [-0.15, -0.1) is 0 Å². The number of carbonyl (C=O) groups excluding carboxylic acids is 1. The van der Waals surface area contributed by atoms with E-state index in [0.717, 1.165) is 37.2 Å². The van der Waals surface area contributed by atoms with E-state index in [1.54, 1.807) is 12.1 Å². The van der Waals surface area contributed by atoms with Gasteiger partial charge in [0.1, 0.15) is 6.73 Å². The second-order valence-corrected chi connectivity index (χ2v) is 17.3. The van der Waals surface area contributed by atoms with Gasteiger partial charge in [0.2, 0.25) is 5.82 Å². The number of halogens is 3. The van der Waals surface area contributed by atoms with Crippen molar-refractivity contribution in [3.63, 3.8) is 0 Å². The quantitative estimate of drug-likeness (QED) is 0.280. The fourth-order valence-electron chi connectivity index (χ4n) is 4.16. The molecule has 198 valence electrons. The lowest BCUT2D eigenvalue weighted by atomic mass is 10.0. The molecule has 2 aromatic carbocycles. The second kappa shape index (κ2) is 11.9. The Bertz CT molecular complexity index is 1250. The van der Waals surface area contributed by atoms with Crippen LogP contribution in [-0.4, -0.2) is 47.4 Å². The molecule has 4 rings (SSSR count). The molecular weight excluding hydrogens is 547 g/mol. The monoisotopic (exact) mass is 578 g/mol. The van der Waals surface area contributed by atoms with Gasteiger partial charge in [-0.3, -0.25) is 14.8 Å². The van der Waals surface area contributed by atoms with Gasteiger partial charge < -0.3 is 4.74 Å². The van der Waals surface area contributed by atoms with E-state index in [0.29, 0.717) is 26.3 Å². The van der Waals surface area contributed by atoms with E-state index in [1.165, 1.54) is 6.42 Å². The number of ether oxygens (including phenoxy) is 1. The van der Waals surface area contributed by atoms with Crippen molar-refractivity contribution in [1.29, 1.82) is 0 Å². The molecular formula is C27H33Cl3N4O2Si. The normalized spacial score (nSPS) is 15.5. The van der Waals surface area contributed by atoms with Crippen LogP contribution in [-0.2, 0) is 11.5 Å². The maximum atomic E-state index is 13.6. The van der Waals surface area contributed by atoms with Gasteiger partial charge in [-0.05, 0) is 50.1 Å². The summed E-state index contributed by atoms with van der Waals surface area (Å²) in [7, 11) is -1.59. The third-order valence-electron chi connectivity index (χ3n) is 6.76. The molecule has 1 aliphatic heterocycles. The van der Waals surface area contributed by atoms with Gasteiger partial charge in [0, 0.05) is 40.0 Å². The number of benzene rings is 2. The van der Waals surface area contributed by atoms with E-state index in [4.69, 9.17) is 44.5 Å². The number of aromatic nitrogens is 2. The van der Waals surface area contributed by atoms with Crippen molar-refractivity contribution >= 4 is 48.8 Å². The molecule has 1 N–H and O–H groups in total. The number of imidazole rings is 1. The number of amides is 1. The zero-order valence-electron chi connectivity index (χ0n) is 21.7. The van der Waals surface area contributed by atoms with Gasteiger partial charge in [-0.1, -0.05) is 73.0 Å². The Morgan fingerprint density at radius 2 is 1.68 bits per heavy atom. The Morgan fingerprint density at radius 1 is 1.03 bits per heavy atom. The van der Waals surface area contributed by atoms with Crippen LogP contribution >= 0.6 is 34.8 Å². The van der Waals surface area contributed by atoms with E-state index in [1.807, 2.05) is 39.9 Å². The molecule has 0 saturated carbocycles. The van der Waals surface area contributed by atoms with Crippen molar-refractivity contribution in [1.82, 2.24) is 20.0 Å². The molecule has 0 spiro atoms. The van der Waals surface area contributed by atoms with Gasteiger partial charge in [0.05, 0.1) is 24.5 Å². The van der Waals surface area contributed by atoms with Gasteiger partial charge in [-0.25, -0.2) is 9.99 Å². The van der Waals surface area contributed by atoms with Crippen molar-refractivity contribution in [3.8, 4) is 22.5 Å². The highest BCUT2D eigenvalue weighted by molar-refractivity contribution is 6.77. The highest BCUT2D eigenvalue weighted by atomic mass is 35.5. The maximum absolute atomic E-state index is 13.6. The second-order valence-electron chi connectivity index (χ2n) is 10.5. The minimum atomic E-state index is -1.59. The first-order valence-corrected chi connectivity index (χ1v) is 17.2. The van der Waals surface area contributed by atoms with E-state index < -0.39 is 8.07 Å². The van der Waals surface area contributed by atoms with Crippen molar-refractivity contribution in [2.75, 3.05) is 13.1 Å². The highest BCUT2D eigenvalue weighted by Gasteiger charge is 2.29. The third-order valence-corrected chi connectivity index (χ3v) is 10.2. The van der Waals surface area contributed by atoms with E-state index in [-0.39, 0.29) is 24.2 Å². The SMILES string of the molecule is CC(OCn1c(C(=O)NN2CCCCC2)nc(-c2ccc(Cl)cc2Cl)c1-c1ccc(Cl)cc1)[Si](C)(C)C. The van der Waals surface area contributed by atoms with Crippen LogP contribution in [0.2, 0.25) is 34.7 Å². The lowest BCUT2D eigenvalue weighted by Crippen LogP contribution is -2.46.